The minimum absolute atomic E-state index is 0. The summed E-state index contributed by atoms with van der Waals surface area (Å²) in [4.78, 5) is 44.2. The van der Waals surface area contributed by atoms with Gasteiger partial charge in [-0.15, -0.1) is 0 Å². The summed E-state index contributed by atoms with van der Waals surface area (Å²) >= 11 is 27.5. The molecule has 0 aliphatic carbocycles. The van der Waals surface area contributed by atoms with Crippen LogP contribution in [-0.2, 0) is 178 Å². The van der Waals surface area contributed by atoms with Crippen LogP contribution < -0.4 is 0 Å². The number of rotatable bonds is 0. The van der Waals surface area contributed by atoms with Gasteiger partial charge in [-0.1, -0.05) is 0 Å². The van der Waals surface area contributed by atoms with E-state index in [1.165, 1.54) is 0 Å². The van der Waals surface area contributed by atoms with Gasteiger partial charge in [-0.05, 0) is 36.4 Å². The van der Waals surface area contributed by atoms with Crippen molar-refractivity contribution < 1.29 is 102 Å². The zero-order chi connectivity index (χ0) is 30.7. The first-order valence-corrected chi connectivity index (χ1v) is 13.5. The minimum Gasteiger partial charge on any atom is -0.740 e. The van der Waals surface area contributed by atoms with Gasteiger partial charge in [0.15, 0.2) is 0 Å². The van der Waals surface area contributed by atoms with Crippen LogP contribution in [0.1, 0.15) is 0 Å². The summed E-state index contributed by atoms with van der Waals surface area (Å²) in [6, 6.07) is 10.4. The molecule has 0 bridgehead atoms. The number of hydrogen-bond donors (Lipinski definition) is 0. The molecule has 24 heteroatoms. The normalized spacial score (nSPS) is 7.50. The maximum atomic E-state index is 4.59. The smallest absolute Gasteiger partial charge is 0.740 e. The summed E-state index contributed by atoms with van der Waals surface area (Å²) in [5.41, 5.74) is 0. The van der Waals surface area contributed by atoms with E-state index in [1.807, 2.05) is 0 Å². The predicted octanol–water partition coefficient (Wildman–Crippen LogP) is 2.28. The SMILES string of the molecule is [Cu+].[Cu+].[Cu+].[Cu+].[Cu+].[Cu+].[S-]c1ncccn1.[S-]c1ncccn1.[S-]c1ncccn1.[S-]c1ncccn1.[S-]c1ncccn1.[S-]c1ncccn1. The molecule has 0 aliphatic rings. The second kappa shape index (κ2) is 42.1. The van der Waals surface area contributed by atoms with Gasteiger partial charge in [0, 0.05) is 105 Å². The van der Waals surface area contributed by atoms with Gasteiger partial charge in [-0.2, -0.15) is 0 Å². The topological polar surface area (TPSA) is 155 Å². The molecule has 0 atom stereocenters. The molecular weight excluding hydrogens is 1030 g/mol. The molecule has 276 valence electrons. The molecule has 0 aromatic carbocycles. The molecule has 0 unspecified atom stereocenters. The van der Waals surface area contributed by atoms with E-state index in [0.717, 1.165) is 0 Å². The Balaban J connectivity index is -0.000000108. The van der Waals surface area contributed by atoms with E-state index in [2.05, 4.69) is 136 Å². The minimum atomic E-state index is 0. The largest absolute Gasteiger partial charge is 1.00 e. The molecule has 0 aliphatic heterocycles. The Bertz CT molecular complexity index is 1150. The van der Waals surface area contributed by atoms with Crippen molar-refractivity contribution in [1.82, 2.24) is 59.8 Å². The van der Waals surface area contributed by atoms with Crippen LogP contribution in [0.4, 0.5) is 0 Å². The van der Waals surface area contributed by atoms with Gasteiger partial charge < -0.3 is 75.8 Å². The molecule has 6 aromatic rings. The summed E-state index contributed by atoms with van der Waals surface area (Å²) < 4.78 is 0. The van der Waals surface area contributed by atoms with Gasteiger partial charge >= 0.3 is 102 Å². The molecule has 0 radical (unpaired) electrons. The molecule has 6 aromatic heterocycles. The average molecular weight is 1050 g/mol. The van der Waals surface area contributed by atoms with E-state index in [-0.39, 0.29) is 102 Å². The Labute approximate surface area is 375 Å². The van der Waals surface area contributed by atoms with Gasteiger partial charge in [0.2, 0.25) is 0 Å². The van der Waals surface area contributed by atoms with Gasteiger partial charge in [-0.25, -0.2) is 0 Å². The van der Waals surface area contributed by atoms with Crippen molar-refractivity contribution in [3.63, 3.8) is 0 Å². The van der Waals surface area contributed by atoms with Crippen LogP contribution in [0.5, 0.6) is 0 Å². The maximum Gasteiger partial charge on any atom is 1.00 e. The molecule has 0 fully saturated rings. The second-order valence-electron chi connectivity index (χ2n) is 6.19. The first-order valence-electron chi connectivity index (χ1n) is 11.0. The second-order valence-corrected chi connectivity index (χ2v) is 8.38. The predicted molar refractivity (Wildman–Crippen MR) is 166 cm³/mol. The molecule has 0 amide bonds. The van der Waals surface area contributed by atoms with Crippen molar-refractivity contribution in [3.8, 4) is 0 Å². The van der Waals surface area contributed by atoms with E-state index in [0.29, 0.717) is 30.9 Å². The third-order valence-electron chi connectivity index (χ3n) is 3.25. The fraction of sp³-hybridized carbons (Fsp3) is 0. The van der Waals surface area contributed by atoms with Crippen molar-refractivity contribution in [2.45, 2.75) is 30.9 Å². The van der Waals surface area contributed by atoms with Gasteiger partial charge in [0.1, 0.15) is 0 Å². The van der Waals surface area contributed by atoms with Crippen molar-refractivity contribution in [2.24, 2.45) is 0 Å². The van der Waals surface area contributed by atoms with Crippen LogP contribution >= 0.6 is 0 Å². The zero-order valence-electron chi connectivity index (χ0n) is 23.0. The summed E-state index contributed by atoms with van der Waals surface area (Å²) in [5.74, 6) is 0. The zero-order valence-corrected chi connectivity index (χ0v) is 33.6. The standard InChI is InChI=1S/6C4H4N2S.6Cu/c6*7-4-5-2-1-3-6-4;;;;;;/h6*1-3H,(H,5,6,7);;;;;;/q;;;;;;6*+1/p-6. The Kier molecular flexibility index (Phi) is 51.8. The molecular formula is C24H18Cu6N12S6. The molecule has 0 spiro atoms. The molecule has 0 N–H and O–H groups in total. The monoisotopic (exact) mass is 1040 g/mol. The molecule has 6 heterocycles. The van der Waals surface area contributed by atoms with Crippen LogP contribution in [-0.4, -0.2) is 59.8 Å². The van der Waals surface area contributed by atoms with E-state index in [1.54, 1.807) is 111 Å². The van der Waals surface area contributed by atoms with E-state index in [9.17, 15) is 0 Å². The maximum absolute atomic E-state index is 4.59. The number of nitrogens with zero attached hydrogens (tertiary/aromatic N) is 12. The first-order chi connectivity index (χ1) is 20.4. The molecule has 0 saturated carbocycles. The van der Waals surface area contributed by atoms with E-state index < -0.39 is 0 Å². The molecule has 6 rings (SSSR count). The average Bonchev–Trinajstić information content (AvgIpc) is 3.01. The number of aromatic nitrogens is 12. The Morgan fingerprint density at radius 3 is 0.333 bits per heavy atom. The molecule has 0 saturated heterocycles. The van der Waals surface area contributed by atoms with Crippen molar-refractivity contribution in [1.29, 1.82) is 0 Å². The third-order valence-corrected chi connectivity index (χ3v) is 4.52. The van der Waals surface area contributed by atoms with Crippen molar-refractivity contribution >= 4 is 75.8 Å². The number of hydrogen-bond acceptors (Lipinski definition) is 18. The summed E-state index contributed by atoms with van der Waals surface area (Å²) in [5, 5.41) is 2.43. The van der Waals surface area contributed by atoms with Gasteiger partial charge in [0.05, 0.1) is 0 Å². The quantitative estimate of drug-likeness (QED) is 0.124. The first kappa shape index (κ1) is 59.1. The fourth-order valence-corrected chi connectivity index (χ4v) is 2.44. The Hall–Kier alpha value is -1.08. The van der Waals surface area contributed by atoms with Crippen molar-refractivity contribution in [3.05, 3.63) is 111 Å². The third kappa shape index (κ3) is 39.4. The fourth-order valence-electron chi connectivity index (χ4n) is 1.71. The molecule has 12 nitrogen and oxygen atoms in total. The summed E-state index contributed by atoms with van der Waals surface area (Å²) in [6.07, 6.45) is 19.4. The van der Waals surface area contributed by atoms with Crippen LogP contribution in [0.25, 0.3) is 0 Å². The Morgan fingerprint density at radius 2 is 0.292 bits per heavy atom. The van der Waals surface area contributed by atoms with Gasteiger partial charge in [0.25, 0.3) is 0 Å². The van der Waals surface area contributed by atoms with Crippen LogP contribution in [0.2, 0.25) is 0 Å². The van der Waals surface area contributed by atoms with E-state index in [4.69, 9.17) is 0 Å². The Morgan fingerprint density at radius 1 is 0.208 bits per heavy atom. The van der Waals surface area contributed by atoms with Crippen molar-refractivity contribution in [2.75, 3.05) is 0 Å². The summed E-state index contributed by atoms with van der Waals surface area (Å²) in [7, 11) is 0. The van der Waals surface area contributed by atoms with Gasteiger partial charge in [-0.3, -0.25) is 59.8 Å². The summed E-state index contributed by atoms with van der Waals surface area (Å²) in [6.45, 7) is 0. The van der Waals surface area contributed by atoms with Crippen LogP contribution in [0, 0.1) is 0 Å². The van der Waals surface area contributed by atoms with Crippen LogP contribution in [0.3, 0.4) is 0 Å². The van der Waals surface area contributed by atoms with E-state index >= 15 is 0 Å². The van der Waals surface area contributed by atoms with Crippen LogP contribution in [0.15, 0.2) is 142 Å². The molecule has 48 heavy (non-hydrogen) atoms.